The van der Waals surface area contributed by atoms with Crippen LogP contribution in [-0.4, -0.2) is 6.29 Å². The van der Waals surface area contributed by atoms with Crippen LogP contribution in [0.5, 0.6) is 0 Å². The molecule has 1 nitrogen and oxygen atoms in total. The third-order valence-electron chi connectivity index (χ3n) is 5.47. The third kappa shape index (κ3) is 3.55. The molecule has 2 unspecified atom stereocenters. The summed E-state index contributed by atoms with van der Waals surface area (Å²) in [5.41, 5.74) is 6.48. The van der Waals surface area contributed by atoms with E-state index < -0.39 is 0 Å². The van der Waals surface area contributed by atoms with E-state index in [1.54, 1.807) is 5.56 Å². The van der Waals surface area contributed by atoms with Gasteiger partial charge >= 0.3 is 0 Å². The minimum absolute atomic E-state index is 0.643. The van der Waals surface area contributed by atoms with E-state index in [4.69, 9.17) is 0 Å². The number of hydrogen-bond donors (Lipinski definition) is 0. The Kier molecular flexibility index (Phi) is 4.95. The topological polar surface area (TPSA) is 17.1 Å². The molecule has 2 atom stereocenters. The van der Waals surface area contributed by atoms with Crippen molar-refractivity contribution in [3.63, 3.8) is 0 Å². The van der Waals surface area contributed by atoms with Gasteiger partial charge in [0, 0.05) is 5.56 Å². The van der Waals surface area contributed by atoms with Crippen LogP contribution < -0.4 is 0 Å². The molecule has 0 saturated heterocycles. The molecule has 0 aliphatic heterocycles. The Morgan fingerprint density at radius 3 is 2.09 bits per heavy atom. The normalized spacial score (nSPS) is 21.7. The van der Waals surface area contributed by atoms with Gasteiger partial charge in [-0.1, -0.05) is 42.8 Å². The highest BCUT2D eigenvalue weighted by Gasteiger charge is 2.23. The fraction of sp³-hybridized carbons (Fsp3) is 0.409. The van der Waals surface area contributed by atoms with Gasteiger partial charge in [-0.15, -0.1) is 0 Å². The van der Waals surface area contributed by atoms with Gasteiger partial charge in [0.05, 0.1) is 0 Å². The number of carbonyl (C=O) groups excluding carboxylic acids is 1. The van der Waals surface area contributed by atoms with Crippen LogP contribution in [-0.2, 0) is 0 Å². The zero-order valence-corrected chi connectivity index (χ0v) is 14.2. The van der Waals surface area contributed by atoms with Crippen LogP contribution in [0.4, 0.5) is 0 Å². The molecule has 1 saturated carbocycles. The summed E-state index contributed by atoms with van der Waals surface area (Å²) in [5, 5.41) is 0. The lowest BCUT2D eigenvalue weighted by atomic mass is 9.86. The molecule has 23 heavy (non-hydrogen) atoms. The number of benzene rings is 2. The van der Waals surface area contributed by atoms with Gasteiger partial charge in [0.2, 0.25) is 0 Å². The molecule has 1 aliphatic rings. The fourth-order valence-corrected chi connectivity index (χ4v) is 4.20. The molecule has 1 fully saturated rings. The Balaban J connectivity index is 1.76. The molecule has 2 aromatic rings. The number of carbonyl (C=O) groups is 1. The molecular weight excluding hydrogens is 280 g/mol. The van der Waals surface area contributed by atoms with Crippen molar-refractivity contribution in [1.82, 2.24) is 0 Å². The van der Waals surface area contributed by atoms with Crippen molar-refractivity contribution >= 4 is 6.29 Å². The zero-order chi connectivity index (χ0) is 16.2. The molecule has 2 aromatic carbocycles. The van der Waals surface area contributed by atoms with Crippen LogP contribution in [0, 0.1) is 13.8 Å². The van der Waals surface area contributed by atoms with Gasteiger partial charge in [0.15, 0.2) is 0 Å². The molecule has 0 bridgehead atoms. The molecule has 1 aliphatic carbocycles. The van der Waals surface area contributed by atoms with E-state index in [1.165, 1.54) is 48.8 Å². The summed E-state index contributed by atoms with van der Waals surface area (Å²) in [6, 6.07) is 15.0. The van der Waals surface area contributed by atoms with Crippen molar-refractivity contribution in [1.29, 1.82) is 0 Å². The molecule has 0 N–H and O–H groups in total. The average Bonchev–Trinajstić information content (AvgIpc) is 2.81. The predicted octanol–water partition coefficient (Wildman–Crippen LogP) is 5.95. The Hall–Kier alpha value is -1.89. The first-order chi connectivity index (χ1) is 11.2. The van der Waals surface area contributed by atoms with E-state index >= 15 is 0 Å². The summed E-state index contributed by atoms with van der Waals surface area (Å²) < 4.78 is 0. The highest BCUT2D eigenvalue weighted by molar-refractivity contribution is 5.75. The highest BCUT2D eigenvalue weighted by Crippen LogP contribution is 2.40. The van der Waals surface area contributed by atoms with Crippen LogP contribution in [0.2, 0.25) is 0 Å². The summed E-state index contributed by atoms with van der Waals surface area (Å²) in [5.74, 6) is 1.35. The van der Waals surface area contributed by atoms with Gasteiger partial charge in [-0.25, -0.2) is 0 Å². The maximum Gasteiger partial charge on any atom is 0.150 e. The Morgan fingerprint density at radius 2 is 1.48 bits per heavy atom. The minimum atomic E-state index is 0.643. The summed E-state index contributed by atoms with van der Waals surface area (Å²) in [4.78, 5) is 10.9. The first-order valence-electron chi connectivity index (χ1n) is 8.80. The minimum Gasteiger partial charge on any atom is -0.298 e. The molecule has 0 spiro atoms. The third-order valence-corrected chi connectivity index (χ3v) is 5.47. The predicted molar refractivity (Wildman–Crippen MR) is 96.3 cm³/mol. The second-order valence-electron chi connectivity index (χ2n) is 6.99. The molecule has 0 amide bonds. The van der Waals surface area contributed by atoms with Gasteiger partial charge < -0.3 is 0 Å². The van der Waals surface area contributed by atoms with Crippen molar-refractivity contribution in [2.75, 3.05) is 0 Å². The van der Waals surface area contributed by atoms with Crippen LogP contribution >= 0.6 is 0 Å². The Morgan fingerprint density at radius 1 is 0.826 bits per heavy atom. The van der Waals surface area contributed by atoms with E-state index in [9.17, 15) is 4.79 Å². The largest absolute Gasteiger partial charge is 0.298 e. The van der Waals surface area contributed by atoms with Gasteiger partial charge in [-0.3, -0.25) is 4.79 Å². The van der Waals surface area contributed by atoms with Gasteiger partial charge in [-0.2, -0.15) is 0 Å². The molecule has 0 aromatic heterocycles. The molecule has 0 radical (unpaired) electrons. The second-order valence-corrected chi connectivity index (χ2v) is 6.99. The molecular formula is C22H26O. The second kappa shape index (κ2) is 7.12. The molecule has 1 heteroatoms. The standard InChI is InChI=1S/C22H26O/c1-16-6-3-4-9-21(16)19-7-5-8-20(12-11-19)22-13-10-18(15-23)14-17(22)2/h3-4,6,9-10,13-15,19-20H,5,7-8,11-12H2,1-2H3. The fourth-order valence-electron chi connectivity index (χ4n) is 4.20. The smallest absolute Gasteiger partial charge is 0.150 e. The maximum atomic E-state index is 10.9. The number of rotatable bonds is 3. The summed E-state index contributed by atoms with van der Waals surface area (Å²) >= 11 is 0. The van der Waals surface area contributed by atoms with E-state index in [0.29, 0.717) is 11.8 Å². The van der Waals surface area contributed by atoms with Crippen LogP contribution in [0.15, 0.2) is 42.5 Å². The van der Waals surface area contributed by atoms with Crippen LogP contribution in [0.3, 0.4) is 0 Å². The Bertz CT molecular complexity index is 686. The lowest BCUT2D eigenvalue weighted by molar-refractivity contribution is 0.112. The zero-order valence-electron chi connectivity index (χ0n) is 14.2. The summed E-state index contributed by atoms with van der Waals surface area (Å²) in [6.45, 7) is 4.38. The molecule has 120 valence electrons. The average molecular weight is 306 g/mol. The number of hydrogen-bond acceptors (Lipinski definition) is 1. The van der Waals surface area contributed by atoms with Crippen LogP contribution in [0.1, 0.15) is 76.6 Å². The lowest BCUT2D eigenvalue weighted by Crippen LogP contribution is -2.02. The number of aldehydes is 1. The van der Waals surface area contributed by atoms with Crippen molar-refractivity contribution in [3.8, 4) is 0 Å². The quantitative estimate of drug-likeness (QED) is 0.506. The van der Waals surface area contributed by atoms with Crippen molar-refractivity contribution in [3.05, 3.63) is 70.3 Å². The lowest BCUT2D eigenvalue weighted by Gasteiger charge is -2.19. The van der Waals surface area contributed by atoms with Gasteiger partial charge in [0.1, 0.15) is 6.29 Å². The molecule has 3 rings (SSSR count). The highest BCUT2D eigenvalue weighted by atomic mass is 16.1. The monoisotopic (exact) mass is 306 g/mol. The van der Waals surface area contributed by atoms with Gasteiger partial charge in [-0.05, 0) is 79.7 Å². The van der Waals surface area contributed by atoms with E-state index in [-0.39, 0.29) is 0 Å². The summed E-state index contributed by atoms with van der Waals surface area (Å²) in [7, 11) is 0. The van der Waals surface area contributed by atoms with Crippen molar-refractivity contribution in [2.24, 2.45) is 0 Å². The van der Waals surface area contributed by atoms with E-state index in [1.807, 2.05) is 12.1 Å². The van der Waals surface area contributed by atoms with E-state index in [2.05, 4.69) is 44.2 Å². The first-order valence-corrected chi connectivity index (χ1v) is 8.80. The van der Waals surface area contributed by atoms with Crippen molar-refractivity contribution in [2.45, 2.75) is 57.8 Å². The first kappa shape index (κ1) is 16.0. The van der Waals surface area contributed by atoms with Crippen LogP contribution in [0.25, 0.3) is 0 Å². The van der Waals surface area contributed by atoms with Gasteiger partial charge in [0.25, 0.3) is 0 Å². The Labute approximate surface area is 139 Å². The molecule has 0 heterocycles. The maximum absolute atomic E-state index is 10.9. The van der Waals surface area contributed by atoms with Crippen molar-refractivity contribution < 1.29 is 4.79 Å². The summed E-state index contributed by atoms with van der Waals surface area (Å²) in [6.07, 6.45) is 7.32. The SMILES string of the molecule is Cc1ccccc1C1CCCC(c2ccc(C=O)cc2C)CC1. The number of aryl methyl sites for hydroxylation is 2. The van der Waals surface area contributed by atoms with E-state index in [0.717, 1.165) is 11.8 Å².